The second-order valence-corrected chi connectivity index (χ2v) is 5.75. The highest BCUT2D eigenvalue weighted by Gasteiger charge is 2.05. The van der Waals surface area contributed by atoms with Crippen LogP contribution in [0, 0.1) is 0 Å². The third-order valence-corrected chi connectivity index (χ3v) is 4.32. The highest BCUT2D eigenvalue weighted by atomic mass is 32.1. The summed E-state index contributed by atoms with van der Waals surface area (Å²) >= 11 is 1.68. The fourth-order valence-electron chi connectivity index (χ4n) is 2.36. The molecule has 0 saturated carbocycles. The number of fused-ring (bicyclic) bond motifs is 1. The third-order valence-electron chi connectivity index (χ3n) is 3.42. The summed E-state index contributed by atoms with van der Waals surface area (Å²) in [6.07, 6.45) is 1.84. The highest BCUT2D eigenvalue weighted by molar-refractivity contribution is 7.13. The summed E-state index contributed by atoms with van der Waals surface area (Å²) in [5.74, 6) is 0. The molecule has 4 rings (SSSR count). The zero-order valence-corrected chi connectivity index (χ0v) is 12.0. The molecule has 0 atom stereocenters. The van der Waals surface area contributed by atoms with Crippen LogP contribution in [0.4, 0.5) is 0 Å². The Balaban J connectivity index is 1.86. The van der Waals surface area contributed by atoms with Crippen molar-refractivity contribution < 1.29 is 0 Å². The molecule has 0 spiro atoms. The predicted molar refractivity (Wildman–Crippen MR) is 88.3 cm³/mol. The standard InChI is InChI=1S/C18H12N2S/c1-2-5-13(6-3-1)14-8-9-15-16(11-14)20-17(12-19-15)18-7-4-10-21-18/h1-12H. The van der Waals surface area contributed by atoms with Crippen LogP contribution in [0.2, 0.25) is 0 Å². The molecule has 21 heavy (non-hydrogen) atoms. The van der Waals surface area contributed by atoms with Crippen molar-refractivity contribution in [3.8, 4) is 21.7 Å². The number of benzene rings is 2. The minimum Gasteiger partial charge on any atom is -0.252 e. The van der Waals surface area contributed by atoms with Gasteiger partial charge >= 0.3 is 0 Å². The second kappa shape index (κ2) is 5.11. The van der Waals surface area contributed by atoms with Crippen LogP contribution in [0.3, 0.4) is 0 Å². The van der Waals surface area contributed by atoms with E-state index in [1.54, 1.807) is 11.3 Å². The van der Waals surface area contributed by atoms with E-state index < -0.39 is 0 Å². The lowest BCUT2D eigenvalue weighted by molar-refractivity contribution is 1.30. The lowest BCUT2D eigenvalue weighted by Gasteiger charge is -2.04. The molecule has 4 aromatic rings. The second-order valence-electron chi connectivity index (χ2n) is 4.80. The minimum atomic E-state index is 0.926. The first-order chi connectivity index (χ1) is 10.4. The molecule has 3 heteroatoms. The molecule has 0 aliphatic rings. The van der Waals surface area contributed by atoms with Gasteiger partial charge in [0.1, 0.15) is 0 Å². The van der Waals surface area contributed by atoms with E-state index in [0.29, 0.717) is 0 Å². The van der Waals surface area contributed by atoms with Gasteiger partial charge in [0.2, 0.25) is 0 Å². The average Bonchev–Trinajstić information content (AvgIpc) is 3.09. The van der Waals surface area contributed by atoms with E-state index in [1.807, 2.05) is 36.5 Å². The van der Waals surface area contributed by atoms with Crippen molar-refractivity contribution in [2.75, 3.05) is 0 Å². The van der Waals surface area contributed by atoms with Gasteiger partial charge in [-0.25, -0.2) is 4.98 Å². The molecular weight excluding hydrogens is 276 g/mol. The molecule has 0 saturated heterocycles. The zero-order chi connectivity index (χ0) is 14.1. The Morgan fingerprint density at radius 2 is 1.67 bits per heavy atom. The lowest BCUT2D eigenvalue weighted by atomic mass is 10.1. The van der Waals surface area contributed by atoms with Crippen LogP contribution in [0.25, 0.3) is 32.7 Å². The number of aromatic nitrogens is 2. The van der Waals surface area contributed by atoms with E-state index in [4.69, 9.17) is 4.98 Å². The van der Waals surface area contributed by atoms with Crippen molar-refractivity contribution in [3.05, 3.63) is 72.2 Å². The van der Waals surface area contributed by atoms with Crippen molar-refractivity contribution in [1.82, 2.24) is 9.97 Å². The maximum absolute atomic E-state index is 4.75. The van der Waals surface area contributed by atoms with Crippen LogP contribution >= 0.6 is 11.3 Å². The Bertz CT molecular complexity index is 884. The van der Waals surface area contributed by atoms with Crippen LogP contribution in [0.5, 0.6) is 0 Å². The molecule has 0 unspecified atom stereocenters. The first-order valence-electron chi connectivity index (χ1n) is 6.76. The fourth-order valence-corrected chi connectivity index (χ4v) is 3.04. The van der Waals surface area contributed by atoms with Crippen LogP contribution in [-0.4, -0.2) is 9.97 Å². The summed E-state index contributed by atoms with van der Waals surface area (Å²) in [4.78, 5) is 10.4. The highest BCUT2D eigenvalue weighted by Crippen LogP contribution is 2.26. The fraction of sp³-hybridized carbons (Fsp3) is 0. The zero-order valence-electron chi connectivity index (χ0n) is 11.2. The summed E-state index contributed by atoms with van der Waals surface area (Å²) in [5, 5.41) is 2.06. The quantitative estimate of drug-likeness (QED) is 0.517. The molecule has 0 aliphatic heterocycles. The summed E-state index contributed by atoms with van der Waals surface area (Å²) in [6, 6.07) is 20.7. The van der Waals surface area contributed by atoms with Crippen molar-refractivity contribution in [2.45, 2.75) is 0 Å². The van der Waals surface area contributed by atoms with E-state index in [2.05, 4.69) is 40.7 Å². The van der Waals surface area contributed by atoms with Crippen LogP contribution in [-0.2, 0) is 0 Å². The van der Waals surface area contributed by atoms with Crippen molar-refractivity contribution >= 4 is 22.4 Å². The molecule has 0 bridgehead atoms. The summed E-state index contributed by atoms with van der Waals surface area (Å²) < 4.78 is 0. The van der Waals surface area contributed by atoms with Gasteiger partial charge in [-0.1, -0.05) is 42.5 Å². The van der Waals surface area contributed by atoms with E-state index in [-0.39, 0.29) is 0 Å². The smallest absolute Gasteiger partial charge is 0.0992 e. The van der Waals surface area contributed by atoms with Gasteiger partial charge in [0.05, 0.1) is 27.8 Å². The first kappa shape index (κ1) is 12.2. The summed E-state index contributed by atoms with van der Waals surface area (Å²) in [6.45, 7) is 0. The van der Waals surface area contributed by atoms with Gasteiger partial charge in [-0.2, -0.15) is 0 Å². The molecule has 2 nitrogen and oxygen atoms in total. The van der Waals surface area contributed by atoms with Gasteiger partial charge < -0.3 is 0 Å². The molecular formula is C18H12N2S. The van der Waals surface area contributed by atoms with Crippen molar-refractivity contribution in [1.29, 1.82) is 0 Å². The van der Waals surface area contributed by atoms with E-state index in [0.717, 1.165) is 21.6 Å². The van der Waals surface area contributed by atoms with Gasteiger partial charge in [0.25, 0.3) is 0 Å². The molecule has 0 aliphatic carbocycles. The molecule has 2 aromatic carbocycles. The third kappa shape index (κ3) is 2.32. The molecule has 0 N–H and O–H groups in total. The van der Waals surface area contributed by atoms with Gasteiger partial charge in [-0.3, -0.25) is 4.98 Å². The Hall–Kier alpha value is -2.52. The van der Waals surface area contributed by atoms with Crippen molar-refractivity contribution in [3.63, 3.8) is 0 Å². The Labute approximate surface area is 126 Å². The molecule has 0 amide bonds. The van der Waals surface area contributed by atoms with Crippen molar-refractivity contribution in [2.24, 2.45) is 0 Å². The minimum absolute atomic E-state index is 0.926. The summed E-state index contributed by atoms with van der Waals surface area (Å²) in [7, 11) is 0. The molecule has 0 radical (unpaired) electrons. The number of rotatable bonds is 2. The van der Waals surface area contributed by atoms with Gasteiger partial charge in [0, 0.05) is 0 Å². The van der Waals surface area contributed by atoms with Gasteiger partial charge in [-0.15, -0.1) is 11.3 Å². The Morgan fingerprint density at radius 3 is 2.48 bits per heavy atom. The van der Waals surface area contributed by atoms with E-state index >= 15 is 0 Å². The summed E-state index contributed by atoms with van der Waals surface area (Å²) in [5.41, 5.74) is 5.16. The van der Waals surface area contributed by atoms with E-state index in [1.165, 1.54) is 11.1 Å². The Kier molecular flexibility index (Phi) is 2.98. The molecule has 2 aromatic heterocycles. The molecule has 100 valence electrons. The van der Waals surface area contributed by atoms with Crippen LogP contribution < -0.4 is 0 Å². The van der Waals surface area contributed by atoms with Crippen LogP contribution in [0.15, 0.2) is 72.2 Å². The topological polar surface area (TPSA) is 25.8 Å². The largest absolute Gasteiger partial charge is 0.252 e. The number of hydrogen-bond donors (Lipinski definition) is 0. The lowest BCUT2D eigenvalue weighted by Crippen LogP contribution is -1.88. The molecule has 2 heterocycles. The maximum atomic E-state index is 4.75. The van der Waals surface area contributed by atoms with E-state index in [9.17, 15) is 0 Å². The van der Waals surface area contributed by atoms with Crippen LogP contribution in [0.1, 0.15) is 0 Å². The number of nitrogens with zero attached hydrogens (tertiary/aromatic N) is 2. The van der Waals surface area contributed by atoms with Gasteiger partial charge in [-0.05, 0) is 34.7 Å². The molecule has 0 fully saturated rings. The normalized spacial score (nSPS) is 10.9. The average molecular weight is 288 g/mol. The number of hydrogen-bond acceptors (Lipinski definition) is 3. The predicted octanol–water partition coefficient (Wildman–Crippen LogP) is 5.03. The Morgan fingerprint density at radius 1 is 0.762 bits per heavy atom. The van der Waals surface area contributed by atoms with Gasteiger partial charge in [0.15, 0.2) is 0 Å². The first-order valence-corrected chi connectivity index (χ1v) is 7.64. The monoisotopic (exact) mass is 288 g/mol. The maximum Gasteiger partial charge on any atom is 0.0992 e. The SMILES string of the molecule is c1ccc(-c2ccc3ncc(-c4cccs4)nc3c2)cc1. The number of thiophene rings is 1.